The standard InChI is InChI=1S/C23H16FNO4/c1-25-22(26)20-18-12-14(16-4-2-3-5-17(16)23(27)28)8-11-19(18)29-21(20)13-6-9-15(24)10-7-13/h2-12H,1H3,(H,25,26)(H,27,28). The van der Waals surface area contributed by atoms with Gasteiger partial charge in [-0.1, -0.05) is 24.3 Å². The Kier molecular flexibility index (Phi) is 4.60. The Morgan fingerprint density at radius 2 is 1.66 bits per heavy atom. The van der Waals surface area contributed by atoms with Gasteiger partial charge in [0.1, 0.15) is 17.2 Å². The summed E-state index contributed by atoms with van der Waals surface area (Å²) in [5.41, 5.74) is 2.69. The number of benzene rings is 3. The van der Waals surface area contributed by atoms with Crippen molar-refractivity contribution >= 4 is 22.8 Å². The molecule has 1 amide bonds. The van der Waals surface area contributed by atoms with Gasteiger partial charge in [-0.3, -0.25) is 4.79 Å². The first-order valence-corrected chi connectivity index (χ1v) is 8.87. The number of fused-ring (bicyclic) bond motifs is 1. The van der Waals surface area contributed by atoms with E-state index in [4.69, 9.17) is 4.42 Å². The highest BCUT2D eigenvalue weighted by molar-refractivity contribution is 6.12. The third kappa shape index (κ3) is 3.25. The molecule has 4 aromatic rings. The van der Waals surface area contributed by atoms with Gasteiger partial charge in [0.15, 0.2) is 0 Å². The lowest BCUT2D eigenvalue weighted by Gasteiger charge is -2.07. The molecule has 0 aliphatic heterocycles. The van der Waals surface area contributed by atoms with Gasteiger partial charge in [0.2, 0.25) is 0 Å². The van der Waals surface area contributed by atoms with Gasteiger partial charge in [-0.15, -0.1) is 0 Å². The van der Waals surface area contributed by atoms with Gasteiger partial charge < -0.3 is 14.8 Å². The number of hydrogen-bond acceptors (Lipinski definition) is 3. The average Bonchev–Trinajstić information content (AvgIpc) is 3.12. The van der Waals surface area contributed by atoms with E-state index in [-0.39, 0.29) is 17.3 Å². The SMILES string of the molecule is CNC(=O)c1c(-c2ccc(F)cc2)oc2ccc(-c3ccccc3C(=O)O)cc12. The number of aromatic carboxylic acids is 1. The summed E-state index contributed by atoms with van der Waals surface area (Å²) < 4.78 is 19.2. The number of nitrogens with one attached hydrogen (secondary N) is 1. The van der Waals surface area contributed by atoms with Gasteiger partial charge in [-0.2, -0.15) is 0 Å². The third-order valence-corrected chi connectivity index (χ3v) is 4.72. The normalized spacial score (nSPS) is 10.8. The number of carbonyl (C=O) groups excluding carboxylic acids is 1. The zero-order chi connectivity index (χ0) is 20.5. The van der Waals surface area contributed by atoms with E-state index in [1.54, 1.807) is 48.5 Å². The minimum Gasteiger partial charge on any atom is -0.478 e. The highest BCUT2D eigenvalue weighted by Crippen LogP contribution is 2.36. The molecule has 144 valence electrons. The first-order valence-electron chi connectivity index (χ1n) is 8.87. The molecule has 0 saturated heterocycles. The van der Waals surface area contributed by atoms with Crippen molar-refractivity contribution in [1.82, 2.24) is 5.32 Å². The summed E-state index contributed by atoms with van der Waals surface area (Å²) in [6, 6.07) is 17.5. The highest BCUT2D eigenvalue weighted by atomic mass is 19.1. The molecule has 5 nitrogen and oxygen atoms in total. The molecular formula is C23H16FNO4. The minimum atomic E-state index is -1.04. The molecule has 1 aromatic heterocycles. The van der Waals surface area contributed by atoms with E-state index in [0.29, 0.717) is 39.0 Å². The largest absolute Gasteiger partial charge is 0.478 e. The van der Waals surface area contributed by atoms with Gasteiger partial charge in [-0.05, 0) is 53.6 Å². The smallest absolute Gasteiger partial charge is 0.336 e. The number of rotatable bonds is 4. The Balaban J connectivity index is 1.97. The van der Waals surface area contributed by atoms with Crippen LogP contribution >= 0.6 is 0 Å². The Labute approximate surface area is 165 Å². The molecule has 0 aliphatic rings. The maximum Gasteiger partial charge on any atom is 0.336 e. The third-order valence-electron chi connectivity index (χ3n) is 4.72. The number of furan rings is 1. The predicted octanol–water partition coefficient (Wildman–Crippen LogP) is 4.96. The molecule has 0 unspecified atom stereocenters. The fraction of sp³-hybridized carbons (Fsp3) is 0.0435. The lowest BCUT2D eigenvalue weighted by atomic mass is 9.97. The molecule has 4 rings (SSSR count). The number of carboxylic acids is 1. The Bertz CT molecular complexity index is 1240. The van der Waals surface area contributed by atoms with Crippen LogP contribution in [0.15, 0.2) is 71.1 Å². The molecule has 0 spiro atoms. The van der Waals surface area contributed by atoms with E-state index in [1.165, 1.54) is 25.2 Å². The Hall–Kier alpha value is -3.93. The van der Waals surface area contributed by atoms with Crippen LogP contribution in [-0.4, -0.2) is 24.0 Å². The maximum absolute atomic E-state index is 13.3. The van der Waals surface area contributed by atoms with Crippen LogP contribution in [0.4, 0.5) is 4.39 Å². The molecule has 3 aromatic carbocycles. The molecule has 0 fully saturated rings. The Morgan fingerprint density at radius 3 is 2.34 bits per heavy atom. The molecule has 0 aliphatic carbocycles. The topological polar surface area (TPSA) is 79.5 Å². The van der Waals surface area contributed by atoms with E-state index in [9.17, 15) is 19.1 Å². The van der Waals surface area contributed by atoms with Crippen molar-refractivity contribution in [2.75, 3.05) is 7.05 Å². The van der Waals surface area contributed by atoms with E-state index in [1.807, 2.05) is 0 Å². The second-order valence-corrected chi connectivity index (χ2v) is 6.45. The lowest BCUT2D eigenvalue weighted by molar-refractivity contribution is 0.0697. The summed E-state index contributed by atoms with van der Waals surface area (Å²) in [7, 11) is 1.51. The average molecular weight is 389 g/mol. The van der Waals surface area contributed by atoms with Crippen molar-refractivity contribution in [1.29, 1.82) is 0 Å². The minimum absolute atomic E-state index is 0.163. The summed E-state index contributed by atoms with van der Waals surface area (Å²) in [5.74, 6) is -1.46. The van der Waals surface area contributed by atoms with Gasteiger partial charge in [0, 0.05) is 18.0 Å². The van der Waals surface area contributed by atoms with Crippen LogP contribution in [0.25, 0.3) is 33.4 Å². The molecule has 0 saturated carbocycles. The van der Waals surface area contributed by atoms with Gasteiger partial charge in [0.25, 0.3) is 5.91 Å². The molecule has 0 atom stereocenters. The van der Waals surface area contributed by atoms with Crippen LogP contribution < -0.4 is 5.32 Å². The first-order chi connectivity index (χ1) is 14.0. The predicted molar refractivity (Wildman–Crippen MR) is 107 cm³/mol. The van der Waals surface area contributed by atoms with Crippen LogP contribution in [0.5, 0.6) is 0 Å². The van der Waals surface area contributed by atoms with Crippen molar-refractivity contribution in [2.45, 2.75) is 0 Å². The maximum atomic E-state index is 13.3. The second-order valence-electron chi connectivity index (χ2n) is 6.45. The molecule has 29 heavy (non-hydrogen) atoms. The van der Waals surface area contributed by atoms with E-state index >= 15 is 0 Å². The van der Waals surface area contributed by atoms with Crippen LogP contribution in [0.1, 0.15) is 20.7 Å². The quantitative estimate of drug-likeness (QED) is 0.517. The number of carboxylic acid groups (broad SMARTS) is 1. The fourth-order valence-corrected chi connectivity index (χ4v) is 3.34. The fourth-order valence-electron chi connectivity index (χ4n) is 3.34. The zero-order valence-electron chi connectivity index (χ0n) is 15.4. The van der Waals surface area contributed by atoms with Gasteiger partial charge >= 0.3 is 5.97 Å². The molecule has 2 N–H and O–H groups in total. The second kappa shape index (κ2) is 7.24. The van der Waals surface area contributed by atoms with E-state index in [0.717, 1.165) is 0 Å². The van der Waals surface area contributed by atoms with Crippen LogP contribution in [-0.2, 0) is 0 Å². The van der Waals surface area contributed by atoms with E-state index < -0.39 is 5.97 Å². The van der Waals surface area contributed by atoms with Gasteiger partial charge in [0.05, 0.1) is 11.1 Å². The molecular weight excluding hydrogens is 373 g/mol. The summed E-state index contributed by atoms with van der Waals surface area (Å²) in [6.07, 6.45) is 0. The summed E-state index contributed by atoms with van der Waals surface area (Å²) >= 11 is 0. The zero-order valence-corrected chi connectivity index (χ0v) is 15.4. The highest BCUT2D eigenvalue weighted by Gasteiger charge is 2.22. The number of hydrogen-bond donors (Lipinski definition) is 2. The Morgan fingerprint density at radius 1 is 0.966 bits per heavy atom. The van der Waals surface area contributed by atoms with Crippen molar-refractivity contribution in [3.05, 3.63) is 83.7 Å². The van der Waals surface area contributed by atoms with Crippen molar-refractivity contribution < 1.29 is 23.5 Å². The van der Waals surface area contributed by atoms with Crippen molar-refractivity contribution in [3.63, 3.8) is 0 Å². The first kappa shape index (κ1) is 18.4. The molecule has 0 bridgehead atoms. The number of amides is 1. The molecule has 6 heteroatoms. The van der Waals surface area contributed by atoms with Crippen LogP contribution in [0.3, 0.4) is 0 Å². The van der Waals surface area contributed by atoms with E-state index in [2.05, 4.69) is 5.32 Å². The summed E-state index contributed by atoms with van der Waals surface area (Å²) in [4.78, 5) is 24.2. The lowest BCUT2D eigenvalue weighted by Crippen LogP contribution is -2.18. The number of halogens is 1. The monoisotopic (exact) mass is 389 g/mol. The number of carbonyl (C=O) groups is 2. The van der Waals surface area contributed by atoms with Crippen molar-refractivity contribution in [2.24, 2.45) is 0 Å². The van der Waals surface area contributed by atoms with Crippen molar-refractivity contribution in [3.8, 4) is 22.5 Å². The van der Waals surface area contributed by atoms with Crippen LogP contribution in [0, 0.1) is 5.82 Å². The molecule has 0 radical (unpaired) electrons. The van der Waals surface area contributed by atoms with Crippen LogP contribution in [0.2, 0.25) is 0 Å². The summed E-state index contributed by atoms with van der Waals surface area (Å²) in [6.45, 7) is 0. The molecule has 1 heterocycles. The van der Waals surface area contributed by atoms with Gasteiger partial charge in [-0.25, -0.2) is 9.18 Å². The summed E-state index contributed by atoms with van der Waals surface area (Å²) in [5, 5.41) is 12.6.